The second kappa shape index (κ2) is 8.41. The predicted octanol–water partition coefficient (Wildman–Crippen LogP) is 4.28. The van der Waals surface area contributed by atoms with Crippen LogP contribution in [-0.4, -0.2) is 34.4 Å². The number of aromatic amines is 1. The largest absolute Gasteiger partial charge is 0.340 e. The van der Waals surface area contributed by atoms with Crippen molar-refractivity contribution in [3.8, 4) is 22.5 Å². The average molecular weight is 431 g/mol. The van der Waals surface area contributed by atoms with Crippen molar-refractivity contribution in [1.82, 2.24) is 24.5 Å². The number of fused-ring (bicyclic) bond motifs is 1. The Balaban J connectivity index is 1.34. The predicted molar refractivity (Wildman–Crippen MR) is 123 cm³/mol. The topological polar surface area (TPSA) is 86.8 Å². The molecule has 0 bridgehead atoms. The van der Waals surface area contributed by atoms with Crippen molar-refractivity contribution >= 4 is 22.5 Å². The summed E-state index contributed by atoms with van der Waals surface area (Å²) in [5, 5.41) is 10.2. The summed E-state index contributed by atoms with van der Waals surface area (Å²) in [6.45, 7) is 3.37. The molecular formula is C23H22N6OS. The maximum atomic E-state index is 12.1. The molecule has 3 heterocycles. The minimum atomic E-state index is -0.931. The minimum Gasteiger partial charge on any atom is -0.340 e. The summed E-state index contributed by atoms with van der Waals surface area (Å²) in [5.41, 5.74) is 6.46. The van der Waals surface area contributed by atoms with Gasteiger partial charge in [-0.2, -0.15) is 5.10 Å². The van der Waals surface area contributed by atoms with E-state index in [1.54, 1.807) is 12.4 Å². The van der Waals surface area contributed by atoms with Crippen LogP contribution in [0.4, 0.5) is 11.5 Å². The summed E-state index contributed by atoms with van der Waals surface area (Å²) in [4.78, 5) is 9.16. The van der Waals surface area contributed by atoms with Crippen LogP contribution in [0, 0.1) is 0 Å². The summed E-state index contributed by atoms with van der Waals surface area (Å²) in [7, 11) is -0.931. The fraction of sp³-hybridized carbons (Fsp3) is 0.174. The van der Waals surface area contributed by atoms with Gasteiger partial charge in [-0.25, -0.2) is 18.5 Å². The molecule has 1 aliphatic heterocycles. The molecular weight excluding hydrogens is 408 g/mol. The molecule has 1 aliphatic rings. The van der Waals surface area contributed by atoms with Crippen molar-refractivity contribution in [3.05, 3.63) is 78.2 Å². The number of nitrogens with one attached hydrogen (secondary N) is 2. The van der Waals surface area contributed by atoms with E-state index in [-0.39, 0.29) is 0 Å². The molecule has 1 atom stereocenters. The Morgan fingerprint density at radius 3 is 2.61 bits per heavy atom. The van der Waals surface area contributed by atoms with Crippen LogP contribution in [0.5, 0.6) is 0 Å². The Bertz CT molecular complexity index is 1220. The zero-order valence-electron chi connectivity index (χ0n) is 17.1. The lowest BCUT2D eigenvalue weighted by Gasteiger charge is -2.11. The average Bonchev–Trinajstić information content (AvgIpc) is 3.49. The van der Waals surface area contributed by atoms with Crippen LogP contribution in [-0.2, 0) is 24.1 Å². The van der Waals surface area contributed by atoms with Gasteiger partial charge in [-0.05, 0) is 41.0 Å². The Kier molecular flexibility index (Phi) is 5.31. The first-order chi connectivity index (χ1) is 15.2. The van der Waals surface area contributed by atoms with Crippen molar-refractivity contribution in [2.45, 2.75) is 20.0 Å². The smallest absolute Gasteiger partial charge is 0.161 e. The van der Waals surface area contributed by atoms with Crippen LogP contribution in [0.1, 0.15) is 18.1 Å². The normalized spacial score (nSPS) is 14.4. The van der Waals surface area contributed by atoms with Crippen LogP contribution in [0.25, 0.3) is 22.5 Å². The third-order valence-electron chi connectivity index (χ3n) is 5.34. The number of benzene rings is 2. The maximum Gasteiger partial charge on any atom is 0.161 e. The third kappa shape index (κ3) is 4.12. The molecule has 4 aromatic rings. The molecule has 0 fully saturated rings. The monoisotopic (exact) mass is 430 g/mol. The van der Waals surface area contributed by atoms with Crippen molar-refractivity contribution in [2.75, 3.05) is 11.1 Å². The molecule has 156 valence electrons. The SMILES string of the molecule is CCS(=O)N1Cc2ccc(-c3nccc(Nc4ccc(-c5cn[nH]c5)cc4)n3)cc2C1. The van der Waals surface area contributed by atoms with Gasteiger partial charge in [0.25, 0.3) is 0 Å². The van der Waals surface area contributed by atoms with Gasteiger partial charge >= 0.3 is 0 Å². The summed E-state index contributed by atoms with van der Waals surface area (Å²) in [5.74, 6) is 2.04. The highest BCUT2D eigenvalue weighted by Crippen LogP contribution is 2.29. The van der Waals surface area contributed by atoms with Crippen LogP contribution < -0.4 is 5.32 Å². The lowest BCUT2D eigenvalue weighted by atomic mass is 10.1. The third-order valence-corrected chi connectivity index (χ3v) is 6.67. The molecule has 0 spiro atoms. The van der Waals surface area contributed by atoms with E-state index in [4.69, 9.17) is 4.98 Å². The van der Waals surface area contributed by atoms with Crippen molar-refractivity contribution in [2.24, 2.45) is 0 Å². The molecule has 2 N–H and O–H groups in total. The van der Waals surface area contributed by atoms with E-state index < -0.39 is 11.0 Å². The van der Waals surface area contributed by atoms with E-state index in [1.165, 1.54) is 11.1 Å². The number of hydrogen-bond donors (Lipinski definition) is 2. The standard InChI is InChI=1S/C23H22N6OS/c1-2-31(30)29-14-18-4-3-17(11-19(18)15-29)23-24-10-9-22(28-23)27-21-7-5-16(6-8-21)20-12-25-26-13-20/h3-13H,2,14-15H2,1H3,(H,25,26)(H,24,27,28). The van der Waals surface area contributed by atoms with Crippen molar-refractivity contribution in [3.63, 3.8) is 0 Å². The first-order valence-corrected chi connectivity index (χ1v) is 11.4. The molecule has 1 unspecified atom stereocenters. The number of rotatable bonds is 6. The highest BCUT2D eigenvalue weighted by molar-refractivity contribution is 7.82. The molecule has 5 rings (SSSR count). The highest BCUT2D eigenvalue weighted by Gasteiger charge is 2.23. The van der Waals surface area contributed by atoms with Gasteiger partial charge in [0.2, 0.25) is 0 Å². The van der Waals surface area contributed by atoms with Crippen LogP contribution in [0.2, 0.25) is 0 Å². The Morgan fingerprint density at radius 2 is 1.84 bits per heavy atom. The molecule has 2 aromatic heterocycles. The van der Waals surface area contributed by atoms with E-state index in [0.29, 0.717) is 18.1 Å². The van der Waals surface area contributed by atoms with E-state index in [0.717, 1.165) is 34.7 Å². The van der Waals surface area contributed by atoms with E-state index in [9.17, 15) is 4.21 Å². The lowest BCUT2D eigenvalue weighted by Crippen LogP contribution is -2.20. The molecule has 8 heteroatoms. The molecule has 0 radical (unpaired) electrons. The van der Waals surface area contributed by atoms with Gasteiger partial charge in [-0.1, -0.05) is 31.2 Å². The minimum absolute atomic E-state index is 0.640. The molecule has 2 aromatic carbocycles. The second-order valence-corrected chi connectivity index (χ2v) is 9.08. The second-order valence-electron chi connectivity index (χ2n) is 7.35. The number of H-pyrrole nitrogens is 1. The fourth-order valence-electron chi connectivity index (χ4n) is 3.70. The number of anilines is 2. The first kappa shape index (κ1) is 19.6. The molecule has 31 heavy (non-hydrogen) atoms. The number of hydrogen-bond acceptors (Lipinski definition) is 5. The van der Waals surface area contributed by atoms with Crippen molar-refractivity contribution < 1.29 is 4.21 Å². The van der Waals surface area contributed by atoms with E-state index in [1.807, 2.05) is 53.8 Å². The Labute approximate surface area is 183 Å². The quantitative estimate of drug-likeness (QED) is 0.477. The molecule has 0 aliphatic carbocycles. The van der Waals surface area contributed by atoms with Gasteiger partial charge in [0.05, 0.1) is 17.2 Å². The zero-order valence-corrected chi connectivity index (χ0v) is 17.9. The lowest BCUT2D eigenvalue weighted by molar-refractivity contribution is 0.475. The van der Waals surface area contributed by atoms with Crippen molar-refractivity contribution in [1.29, 1.82) is 0 Å². The van der Waals surface area contributed by atoms with Crippen LogP contribution in [0.15, 0.2) is 67.1 Å². The highest BCUT2D eigenvalue weighted by atomic mass is 32.2. The van der Waals surface area contributed by atoms with Gasteiger partial charge in [-0.3, -0.25) is 5.10 Å². The summed E-state index contributed by atoms with van der Waals surface area (Å²) < 4.78 is 14.1. The number of aromatic nitrogens is 4. The van der Waals surface area contributed by atoms with Crippen LogP contribution >= 0.6 is 0 Å². The fourth-order valence-corrected chi connectivity index (χ4v) is 4.63. The molecule has 7 nitrogen and oxygen atoms in total. The number of nitrogens with zero attached hydrogens (tertiary/aromatic N) is 4. The van der Waals surface area contributed by atoms with E-state index >= 15 is 0 Å². The molecule has 0 amide bonds. The molecule has 0 saturated heterocycles. The van der Waals surface area contributed by atoms with E-state index in [2.05, 4.69) is 32.6 Å². The Hall–Kier alpha value is -3.36. The summed E-state index contributed by atoms with van der Waals surface area (Å²) >= 11 is 0. The van der Waals surface area contributed by atoms with Gasteiger partial charge in [-0.15, -0.1) is 0 Å². The maximum absolute atomic E-state index is 12.1. The Morgan fingerprint density at radius 1 is 1.03 bits per heavy atom. The van der Waals surface area contributed by atoms with Gasteiger partial charge < -0.3 is 5.32 Å². The van der Waals surface area contributed by atoms with Gasteiger partial charge in [0.1, 0.15) is 5.82 Å². The molecule has 0 saturated carbocycles. The van der Waals surface area contributed by atoms with Gasteiger partial charge in [0, 0.05) is 48.1 Å². The van der Waals surface area contributed by atoms with Crippen LogP contribution in [0.3, 0.4) is 0 Å². The summed E-state index contributed by atoms with van der Waals surface area (Å²) in [6, 6.07) is 16.2. The zero-order chi connectivity index (χ0) is 21.2. The van der Waals surface area contributed by atoms with Gasteiger partial charge in [0.15, 0.2) is 5.82 Å². The summed E-state index contributed by atoms with van der Waals surface area (Å²) in [6.07, 6.45) is 5.43. The first-order valence-electron chi connectivity index (χ1n) is 10.1.